The number of amides is 1. The van der Waals surface area contributed by atoms with E-state index < -0.39 is 10.8 Å². The molecule has 0 aromatic heterocycles. The van der Waals surface area contributed by atoms with Crippen LogP contribution in [-0.2, 0) is 16.0 Å². The Hall–Kier alpha value is -2.72. The summed E-state index contributed by atoms with van der Waals surface area (Å²) in [6.07, 6.45) is 3.73. The summed E-state index contributed by atoms with van der Waals surface area (Å²) in [5.74, 6) is -0.504. The molecule has 7 heteroatoms. The molecular weight excluding hydrogens is 310 g/mol. The maximum Gasteiger partial charge on any atom is 0.273 e. The maximum absolute atomic E-state index is 12.1. The molecular formula is C17H19N3O4. The van der Waals surface area contributed by atoms with Crippen LogP contribution in [0.4, 0.5) is 5.69 Å². The van der Waals surface area contributed by atoms with E-state index in [1.807, 2.05) is 13.0 Å². The van der Waals surface area contributed by atoms with E-state index in [2.05, 4.69) is 5.32 Å². The first-order chi connectivity index (χ1) is 11.5. The second-order valence-corrected chi connectivity index (χ2v) is 5.51. The zero-order chi connectivity index (χ0) is 17.5. The number of carbonyl (C=O) groups excluding carboxylic acids is 1. The largest absolute Gasteiger partial charge is 0.376 e. The molecule has 2 rings (SSSR count). The molecule has 24 heavy (non-hydrogen) atoms. The molecule has 1 N–H and O–H groups in total. The molecule has 1 aliphatic heterocycles. The Bertz CT molecular complexity index is 700. The van der Waals surface area contributed by atoms with Crippen molar-refractivity contribution in [3.05, 3.63) is 45.0 Å². The van der Waals surface area contributed by atoms with Crippen LogP contribution in [0.25, 0.3) is 6.08 Å². The van der Waals surface area contributed by atoms with E-state index in [4.69, 9.17) is 4.74 Å². The van der Waals surface area contributed by atoms with Gasteiger partial charge >= 0.3 is 0 Å². The molecule has 0 spiro atoms. The zero-order valence-corrected chi connectivity index (χ0v) is 13.4. The fourth-order valence-electron chi connectivity index (χ4n) is 2.56. The molecule has 1 aromatic rings. The van der Waals surface area contributed by atoms with Crippen molar-refractivity contribution in [1.29, 1.82) is 5.26 Å². The lowest BCUT2D eigenvalue weighted by Gasteiger charge is -2.10. The SMILES string of the molecule is CCc1ccc(/C=C(\C#N)C(=O)NC[C@H]2CCCO2)cc1[N+](=O)[O-]. The Kier molecular flexibility index (Phi) is 6.04. The minimum Gasteiger partial charge on any atom is -0.376 e. The molecule has 0 saturated carbocycles. The van der Waals surface area contributed by atoms with E-state index in [0.717, 1.165) is 12.8 Å². The van der Waals surface area contributed by atoms with Gasteiger partial charge in [0.25, 0.3) is 11.6 Å². The molecule has 7 nitrogen and oxygen atoms in total. The summed E-state index contributed by atoms with van der Waals surface area (Å²) in [5, 5.41) is 23.0. The number of nitro benzene ring substituents is 1. The van der Waals surface area contributed by atoms with Crippen LogP contribution < -0.4 is 5.32 Å². The molecule has 126 valence electrons. The first-order valence-corrected chi connectivity index (χ1v) is 7.84. The van der Waals surface area contributed by atoms with Crippen molar-refractivity contribution in [2.24, 2.45) is 0 Å². The number of nitrogens with zero attached hydrogens (tertiary/aromatic N) is 2. The number of ether oxygens (including phenoxy) is 1. The van der Waals surface area contributed by atoms with Crippen LogP contribution in [0.5, 0.6) is 0 Å². The molecule has 0 bridgehead atoms. The van der Waals surface area contributed by atoms with Gasteiger partial charge in [-0.15, -0.1) is 0 Å². The van der Waals surface area contributed by atoms with E-state index in [1.165, 1.54) is 12.1 Å². The summed E-state index contributed by atoms with van der Waals surface area (Å²) in [6, 6.07) is 6.53. The molecule has 0 aliphatic carbocycles. The topological polar surface area (TPSA) is 105 Å². The van der Waals surface area contributed by atoms with Gasteiger partial charge in [0.05, 0.1) is 11.0 Å². The van der Waals surface area contributed by atoms with Crippen molar-refractivity contribution in [3.63, 3.8) is 0 Å². The van der Waals surface area contributed by atoms with Crippen molar-refractivity contribution in [3.8, 4) is 6.07 Å². The molecule has 1 amide bonds. The monoisotopic (exact) mass is 329 g/mol. The average Bonchev–Trinajstić information content (AvgIpc) is 3.10. The second kappa shape index (κ2) is 8.22. The predicted octanol–water partition coefficient (Wildman–Crippen LogP) is 2.36. The molecule has 1 aromatic carbocycles. The second-order valence-electron chi connectivity index (χ2n) is 5.51. The van der Waals surface area contributed by atoms with Crippen LogP contribution in [0.2, 0.25) is 0 Å². The zero-order valence-electron chi connectivity index (χ0n) is 13.4. The lowest BCUT2D eigenvalue weighted by molar-refractivity contribution is -0.385. The lowest BCUT2D eigenvalue weighted by atomic mass is 10.0. The van der Waals surface area contributed by atoms with Crippen LogP contribution in [0.15, 0.2) is 23.8 Å². The summed E-state index contributed by atoms with van der Waals surface area (Å²) in [4.78, 5) is 22.7. The van der Waals surface area contributed by atoms with Crippen LogP contribution in [0.3, 0.4) is 0 Å². The first kappa shape index (κ1) is 17.6. The van der Waals surface area contributed by atoms with Gasteiger partial charge in [-0.25, -0.2) is 0 Å². The van der Waals surface area contributed by atoms with E-state index in [9.17, 15) is 20.2 Å². The van der Waals surface area contributed by atoms with Crippen LogP contribution in [-0.4, -0.2) is 30.1 Å². The summed E-state index contributed by atoms with van der Waals surface area (Å²) in [5.41, 5.74) is 0.955. The highest BCUT2D eigenvalue weighted by Gasteiger charge is 2.18. The molecule has 1 atom stereocenters. The van der Waals surface area contributed by atoms with E-state index >= 15 is 0 Å². The van der Waals surface area contributed by atoms with E-state index in [1.54, 1.807) is 12.1 Å². The normalized spacial score (nSPS) is 17.3. The van der Waals surface area contributed by atoms with Crippen LogP contribution in [0.1, 0.15) is 30.9 Å². The minimum atomic E-state index is -0.504. The van der Waals surface area contributed by atoms with Crippen molar-refractivity contribution in [2.45, 2.75) is 32.3 Å². The Labute approximate surface area is 140 Å². The standard InChI is InChI=1S/C17H19N3O4/c1-2-13-6-5-12(9-16(13)20(22)23)8-14(10-18)17(21)19-11-15-4-3-7-24-15/h5-6,8-9,15H,2-4,7,11H2,1H3,(H,19,21)/b14-8+/t15-/m1/s1. The van der Waals surface area contributed by atoms with Gasteiger partial charge in [-0.1, -0.05) is 19.1 Å². The number of hydrogen-bond donors (Lipinski definition) is 1. The number of carbonyl (C=O) groups is 1. The van der Waals surface area contributed by atoms with Crippen molar-refractivity contribution < 1.29 is 14.5 Å². The quantitative estimate of drug-likeness (QED) is 0.373. The summed E-state index contributed by atoms with van der Waals surface area (Å²) in [7, 11) is 0. The number of nitro groups is 1. The predicted molar refractivity (Wildman–Crippen MR) is 88.0 cm³/mol. The van der Waals surface area contributed by atoms with E-state index in [0.29, 0.717) is 30.7 Å². The molecule has 1 saturated heterocycles. The molecule has 1 fully saturated rings. The number of hydrogen-bond acceptors (Lipinski definition) is 5. The van der Waals surface area contributed by atoms with Gasteiger partial charge < -0.3 is 10.1 Å². The van der Waals surface area contributed by atoms with Gasteiger partial charge in [-0.3, -0.25) is 14.9 Å². The minimum absolute atomic E-state index is 0.0108. The van der Waals surface area contributed by atoms with Crippen molar-refractivity contribution in [2.75, 3.05) is 13.2 Å². The van der Waals surface area contributed by atoms with Gasteiger partial charge in [-0.2, -0.15) is 5.26 Å². The summed E-state index contributed by atoms with van der Waals surface area (Å²) >= 11 is 0. The Morgan fingerprint density at radius 1 is 1.58 bits per heavy atom. The highest BCUT2D eigenvalue weighted by atomic mass is 16.6. The highest BCUT2D eigenvalue weighted by Crippen LogP contribution is 2.22. The molecule has 0 radical (unpaired) electrons. The van der Waals surface area contributed by atoms with E-state index in [-0.39, 0.29) is 17.4 Å². The smallest absolute Gasteiger partial charge is 0.273 e. The summed E-state index contributed by atoms with van der Waals surface area (Å²) < 4.78 is 5.41. The fraction of sp³-hybridized carbons (Fsp3) is 0.412. The Balaban J connectivity index is 2.14. The van der Waals surface area contributed by atoms with Crippen LogP contribution in [0, 0.1) is 21.4 Å². The van der Waals surface area contributed by atoms with Crippen LogP contribution >= 0.6 is 0 Å². The Morgan fingerprint density at radius 2 is 2.38 bits per heavy atom. The van der Waals surface area contributed by atoms with Gasteiger partial charge in [0.2, 0.25) is 0 Å². The first-order valence-electron chi connectivity index (χ1n) is 7.84. The fourth-order valence-corrected chi connectivity index (χ4v) is 2.56. The van der Waals surface area contributed by atoms with Gasteiger partial charge in [0.1, 0.15) is 11.6 Å². The third kappa shape index (κ3) is 4.40. The average molecular weight is 329 g/mol. The number of nitrogens with one attached hydrogen (secondary N) is 1. The lowest BCUT2D eigenvalue weighted by Crippen LogP contribution is -2.32. The third-order valence-electron chi connectivity index (χ3n) is 3.88. The molecule has 1 aliphatic rings. The Morgan fingerprint density at radius 3 is 2.96 bits per heavy atom. The van der Waals surface area contributed by atoms with Crippen molar-refractivity contribution >= 4 is 17.7 Å². The number of benzene rings is 1. The number of aryl methyl sites for hydroxylation is 1. The number of nitriles is 1. The third-order valence-corrected chi connectivity index (χ3v) is 3.88. The molecule has 1 heterocycles. The maximum atomic E-state index is 12.1. The molecule has 0 unspecified atom stereocenters. The van der Waals surface area contributed by atoms with Gasteiger partial charge in [0, 0.05) is 24.8 Å². The van der Waals surface area contributed by atoms with Gasteiger partial charge in [-0.05, 0) is 30.9 Å². The van der Waals surface area contributed by atoms with Crippen molar-refractivity contribution in [1.82, 2.24) is 5.32 Å². The summed E-state index contributed by atoms with van der Waals surface area (Å²) in [6.45, 7) is 2.87. The highest BCUT2D eigenvalue weighted by molar-refractivity contribution is 6.01. The number of rotatable bonds is 6. The van der Waals surface area contributed by atoms with Gasteiger partial charge in [0.15, 0.2) is 0 Å².